The first-order valence-electron chi connectivity index (χ1n) is 17.9. The van der Waals surface area contributed by atoms with Gasteiger partial charge in [-0.25, -0.2) is 0 Å². The molecule has 0 spiro atoms. The maximum absolute atomic E-state index is 13.5. The summed E-state index contributed by atoms with van der Waals surface area (Å²) in [5.74, 6) is 7.67. The number of pyridine rings is 2. The average Bonchev–Trinajstić information content (AvgIpc) is 3.18. The molecule has 4 aromatic carbocycles. The topological polar surface area (TPSA) is 25.8 Å². The van der Waals surface area contributed by atoms with E-state index in [9.17, 15) is 17.6 Å². The van der Waals surface area contributed by atoms with E-state index >= 15 is 0 Å². The van der Waals surface area contributed by atoms with Crippen molar-refractivity contribution in [3.63, 3.8) is 0 Å². The van der Waals surface area contributed by atoms with E-state index in [1.165, 1.54) is 55.4 Å². The maximum Gasteiger partial charge on any atom is 0.231 e. The van der Waals surface area contributed by atoms with Crippen LogP contribution in [0.2, 0.25) is 0 Å². The minimum Gasteiger partial charge on any atom is -0.189 e. The van der Waals surface area contributed by atoms with E-state index in [1.54, 1.807) is 0 Å². The number of benzene rings is 4. The van der Waals surface area contributed by atoms with Crippen molar-refractivity contribution in [2.75, 3.05) is 0 Å². The van der Waals surface area contributed by atoms with Gasteiger partial charge in [-0.3, -0.25) is 0 Å². The SMILES string of the molecule is CCCCCc1ccc(-c2ccc(C#Cc3ccc(F)nc3F)cc2)cc1.CCCCc1ccc(-c2ccc(C#Cc3ccc(F)nc3F)cc2)cc1. The fourth-order valence-corrected chi connectivity index (χ4v) is 5.47. The van der Waals surface area contributed by atoms with Crippen molar-refractivity contribution in [2.24, 2.45) is 0 Å². The summed E-state index contributed by atoms with van der Waals surface area (Å²) in [5.41, 5.74) is 8.93. The third-order valence-corrected chi connectivity index (χ3v) is 8.54. The summed E-state index contributed by atoms with van der Waals surface area (Å²) in [4.78, 5) is 6.26. The van der Waals surface area contributed by atoms with Gasteiger partial charge < -0.3 is 0 Å². The molecular weight excluding hydrogens is 669 g/mol. The highest BCUT2D eigenvalue weighted by atomic mass is 19.1. The molecule has 266 valence electrons. The molecule has 0 N–H and O–H groups in total. The van der Waals surface area contributed by atoms with Gasteiger partial charge in [-0.2, -0.15) is 27.5 Å². The molecule has 0 saturated carbocycles. The first-order valence-corrected chi connectivity index (χ1v) is 17.9. The summed E-state index contributed by atoms with van der Waals surface area (Å²) < 4.78 is 52.6. The molecule has 0 amide bonds. The molecule has 2 heterocycles. The van der Waals surface area contributed by atoms with Crippen LogP contribution in [0.4, 0.5) is 17.6 Å². The highest BCUT2D eigenvalue weighted by Crippen LogP contribution is 2.22. The molecule has 0 aliphatic carbocycles. The van der Waals surface area contributed by atoms with E-state index in [1.807, 2.05) is 48.5 Å². The van der Waals surface area contributed by atoms with Gasteiger partial charge in [-0.05, 0) is 108 Å². The highest BCUT2D eigenvalue weighted by molar-refractivity contribution is 5.66. The van der Waals surface area contributed by atoms with Gasteiger partial charge in [0, 0.05) is 11.1 Å². The molecule has 0 bridgehead atoms. The van der Waals surface area contributed by atoms with Crippen LogP contribution < -0.4 is 0 Å². The van der Waals surface area contributed by atoms with Gasteiger partial charge in [-0.15, -0.1) is 0 Å². The van der Waals surface area contributed by atoms with Crippen molar-refractivity contribution in [1.29, 1.82) is 0 Å². The van der Waals surface area contributed by atoms with Crippen LogP contribution in [-0.4, -0.2) is 9.97 Å². The zero-order valence-corrected chi connectivity index (χ0v) is 29.9. The molecule has 6 heteroatoms. The Morgan fingerprint density at radius 1 is 0.396 bits per heavy atom. The van der Waals surface area contributed by atoms with Crippen LogP contribution in [-0.2, 0) is 12.8 Å². The van der Waals surface area contributed by atoms with Crippen LogP contribution in [0.15, 0.2) is 121 Å². The molecule has 0 radical (unpaired) electrons. The molecule has 0 atom stereocenters. The quantitative estimate of drug-likeness (QED) is 0.0647. The summed E-state index contributed by atoms with van der Waals surface area (Å²) in [6.45, 7) is 4.41. The van der Waals surface area contributed by atoms with E-state index in [4.69, 9.17) is 0 Å². The number of hydrogen-bond donors (Lipinski definition) is 0. The molecule has 2 nitrogen and oxygen atoms in total. The summed E-state index contributed by atoms with van der Waals surface area (Å²) in [6, 6.07) is 37.6. The predicted octanol–water partition coefficient (Wildman–Crippen LogP) is 11.9. The lowest BCUT2D eigenvalue weighted by atomic mass is 10.0. The van der Waals surface area contributed by atoms with Crippen molar-refractivity contribution in [2.45, 2.75) is 58.8 Å². The van der Waals surface area contributed by atoms with E-state index in [0.29, 0.717) is 0 Å². The van der Waals surface area contributed by atoms with Crippen LogP contribution >= 0.6 is 0 Å². The van der Waals surface area contributed by atoms with Crippen molar-refractivity contribution in [1.82, 2.24) is 9.97 Å². The Labute approximate surface area is 310 Å². The van der Waals surface area contributed by atoms with Crippen LogP contribution in [0.1, 0.15) is 79.3 Å². The van der Waals surface area contributed by atoms with Gasteiger partial charge in [0.1, 0.15) is 0 Å². The number of halogens is 4. The number of unbranched alkanes of at least 4 members (excludes halogenated alkanes) is 3. The molecule has 6 rings (SSSR count). The molecule has 0 fully saturated rings. The van der Waals surface area contributed by atoms with Gasteiger partial charge in [0.25, 0.3) is 0 Å². The molecule has 0 aliphatic heterocycles. The lowest BCUT2D eigenvalue weighted by molar-refractivity contribution is 0.510. The molecule has 0 unspecified atom stereocenters. The van der Waals surface area contributed by atoms with Crippen molar-refractivity contribution < 1.29 is 17.6 Å². The van der Waals surface area contributed by atoms with Crippen molar-refractivity contribution in [3.8, 4) is 45.9 Å². The molecule has 0 aliphatic rings. The average molecular weight is 709 g/mol. The Morgan fingerprint density at radius 3 is 1.11 bits per heavy atom. The standard InChI is InChI=1S/C24H21F2N.C23H19F2N/c1-2-3-4-5-18-6-11-20(12-7-18)21-13-8-19(9-14-21)10-15-22-16-17-23(25)27-24(22)26;1-2-3-4-17-5-10-19(11-6-17)20-12-7-18(8-13-20)9-14-21-15-16-22(24)26-23(21)25/h6-9,11-14,16-17H,2-5H2,1H3;5-8,10-13,15-16H,2-4H2,1H3. The number of nitrogens with zero attached hydrogens (tertiary/aromatic N) is 2. The largest absolute Gasteiger partial charge is 0.231 e. The Bertz CT molecular complexity index is 2200. The Balaban J connectivity index is 0.000000204. The fraction of sp³-hybridized carbons (Fsp3) is 0.191. The fourth-order valence-electron chi connectivity index (χ4n) is 5.47. The van der Waals surface area contributed by atoms with E-state index in [-0.39, 0.29) is 11.1 Å². The summed E-state index contributed by atoms with van der Waals surface area (Å²) in [7, 11) is 0. The summed E-state index contributed by atoms with van der Waals surface area (Å²) in [6.07, 6.45) is 8.36. The number of aromatic nitrogens is 2. The van der Waals surface area contributed by atoms with Crippen LogP contribution in [0, 0.1) is 47.5 Å². The minimum absolute atomic E-state index is 0.0816. The number of hydrogen-bond acceptors (Lipinski definition) is 2. The zero-order valence-electron chi connectivity index (χ0n) is 29.9. The minimum atomic E-state index is -0.891. The lowest BCUT2D eigenvalue weighted by Crippen LogP contribution is -1.91. The van der Waals surface area contributed by atoms with Gasteiger partial charge in [0.15, 0.2) is 0 Å². The smallest absolute Gasteiger partial charge is 0.189 e. The first kappa shape index (κ1) is 38.3. The van der Waals surface area contributed by atoms with Crippen LogP contribution in [0.3, 0.4) is 0 Å². The first-order chi connectivity index (χ1) is 25.8. The van der Waals surface area contributed by atoms with Crippen LogP contribution in [0.25, 0.3) is 22.3 Å². The number of aryl methyl sites for hydroxylation is 2. The Kier molecular flexibility index (Phi) is 14.1. The Morgan fingerprint density at radius 2 is 0.755 bits per heavy atom. The van der Waals surface area contributed by atoms with Crippen molar-refractivity contribution >= 4 is 0 Å². The second-order valence-electron chi connectivity index (χ2n) is 12.6. The second-order valence-corrected chi connectivity index (χ2v) is 12.6. The lowest BCUT2D eigenvalue weighted by Gasteiger charge is -2.05. The third kappa shape index (κ3) is 11.8. The molecule has 53 heavy (non-hydrogen) atoms. The molecule has 6 aromatic rings. The predicted molar refractivity (Wildman–Crippen MR) is 206 cm³/mol. The monoisotopic (exact) mass is 708 g/mol. The highest BCUT2D eigenvalue weighted by Gasteiger charge is 2.04. The van der Waals surface area contributed by atoms with E-state index in [2.05, 4.69) is 96.0 Å². The molecular formula is C47H40F4N2. The Hall–Kier alpha value is -5.98. The van der Waals surface area contributed by atoms with E-state index < -0.39 is 23.8 Å². The van der Waals surface area contributed by atoms with E-state index in [0.717, 1.165) is 58.4 Å². The zero-order chi connectivity index (χ0) is 37.4. The van der Waals surface area contributed by atoms with Gasteiger partial charge >= 0.3 is 0 Å². The summed E-state index contributed by atoms with van der Waals surface area (Å²) in [5, 5.41) is 0. The number of rotatable bonds is 9. The van der Waals surface area contributed by atoms with Gasteiger partial charge in [0.2, 0.25) is 23.8 Å². The van der Waals surface area contributed by atoms with Crippen LogP contribution in [0.5, 0.6) is 0 Å². The van der Waals surface area contributed by atoms with Gasteiger partial charge in [0.05, 0.1) is 11.1 Å². The molecule has 2 aromatic heterocycles. The molecule has 0 saturated heterocycles. The second kappa shape index (κ2) is 19.6. The van der Waals surface area contributed by atoms with Crippen molar-refractivity contribution in [3.05, 3.63) is 178 Å². The van der Waals surface area contributed by atoms with Gasteiger partial charge in [-0.1, -0.05) is 130 Å². The summed E-state index contributed by atoms with van der Waals surface area (Å²) >= 11 is 0. The normalized spacial score (nSPS) is 10.3. The third-order valence-electron chi connectivity index (χ3n) is 8.54. The maximum atomic E-state index is 13.5.